The minimum Gasteiger partial charge on any atom is -0.465 e. The minimum atomic E-state index is -0.846. The molecule has 3 N–H and O–H groups in total. The van der Waals surface area contributed by atoms with Crippen LogP contribution >= 0.6 is 0 Å². The van der Waals surface area contributed by atoms with Gasteiger partial charge in [-0.25, -0.2) is 9.78 Å². The maximum absolute atomic E-state index is 11.2. The first-order valence-electron chi connectivity index (χ1n) is 8.81. The Kier molecular flexibility index (Phi) is 5.24. The monoisotopic (exact) mass is 359 g/mol. The molecule has 3 rings (SSSR count). The third-order valence-electron chi connectivity index (χ3n) is 4.87. The van der Waals surface area contributed by atoms with Crippen LogP contribution in [-0.4, -0.2) is 55.0 Å². The summed E-state index contributed by atoms with van der Waals surface area (Å²) in [5, 5.41) is 20.1. The van der Waals surface area contributed by atoms with E-state index in [-0.39, 0.29) is 12.0 Å². The Morgan fingerprint density at radius 3 is 2.88 bits per heavy atom. The number of amides is 1. The predicted molar refractivity (Wildman–Crippen MR) is 98.7 cm³/mol. The molecule has 2 aromatic heterocycles. The average Bonchev–Trinajstić information content (AvgIpc) is 2.92. The fourth-order valence-corrected chi connectivity index (χ4v) is 3.24. The predicted octanol–water partition coefficient (Wildman–Crippen LogP) is 2.45. The number of nitrogens with zero attached hydrogens (tertiary/aromatic N) is 5. The molecule has 0 bridgehead atoms. The van der Waals surface area contributed by atoms with Gasteiger partial charge in [-0.05, 0) is 31.7 Å². The molecule has 9 nitrogen and oxygen atoms in total. The number of piperidine rings is 1. The highest BCUT2D eigenvalue weighted by Crippen LogP contribution is 2.24. The summed E-state index contributed by atoms with van der Waals surface area (Å²) in [6, 6.07) is 3.94. The number of hydrogen-bond acceptors (Lipinski definition) is 6. The van der Waals surface area contributed by atoms with Crippen molar-refractivity contribution in [1.82, 2.24) is 24.6 Å². The first-order chi connectivity index (χ1) is 12.5. The molecule has 1 fully saturated rings. The second kappa shape index (κ2) is 7.59. The molecule has 0 aliphatic carbocycles. The fourth-order valence-electron chi connectivity index (χ4n) is 3.24. The van der Waals surface area contributed by atoms with Gasteiger partial charge in [0.25, 0.3) is 0 Å². The molecule has 0 aromatic carbocycles. The maximum Gasteiger partial charge on any atom is 0.407 e. The minimum absolute atomic E-state index is 0.190. The average molecular weight is 359 g/mol. The summed E-state index contributed by atoms with van der Waals surface area (Å²) in [7, 11) is 1.88. The molecule has 1 aliphatic rings. The lowest BCUT2D eigenvalue weighted by molar-refractivity contribution is 0.115. The lowest BCUT2D eigenvalue weighted by atomic mass is 9.90. The number of carbonyl (C=O) groups is 1. The number of carboxylic acid groups (broad SMARTS) is 1. The van der Waals surface area contributed by atoms with E-state index in [1.54, 1.807) is 10.9 Å². The molecule has 2 aromatic rings. The van der Waals surface area contributed by atoms with Gasteiger partial charge in [-0.3, -0.25) is 4.68 Å². The molecule has 0 radical (unpaired) electrons. The summed E-state index contributed by atoms with van der Waals surface area (Å²) in [6.07, 6.45) is 2.52. The van der Waals surface area contributed by atoms with E-state index in [1.807, 2.05) is 26.1 Å². The molecule has 2 unspecified atom stereocenters. The van der Waals surface area contributed by atoms with Gasteiger partial charge in [-0.2, -0.15) is 10.1 Å². The van der Waals surface area contributed by atoms with Gasteiger partial charge >= 0.3 is 6.09 Å². The Balaban J connectivity index is 1.67. The lowest BCUT2D eigenvalue weighted by Gasteiger charge is -2.37. The summed E-state index contributed by atoms with van der Waals surface area (Å²) in [5.74, 6) is 2.15. The Labute approximate surface area is 152 Å². The van der Waals surface area contributed by atoms with Gasteiger partial charge in [0.2, 0.25) is 5.95 Å². The SMILES string of the molecule is CCC1CN(C(=O)O)CCC1Nc1ccnc(Nc2cc(C)n(C)n2)n1. The number of hydrogen-bond donors (Lipinski definition) is 3. The Hall–Kier alpha value is -2.84. The molecule has 26 heavy (non-hydrogen) atoms. The number of aromatic nitrogens is 4. The Morgan fingerprint density at radius 1 is 1.42 bits per heavy atom. The van der Waals surface area contributed by atoms with Gasteiger partial charge < -0.3 is 20.6 Å². The molecule has 140 valence electrons. The van der Waals surface area contributed by atoms with Crippen LogP contribution in [0, 0.1) is 12.8 Å². The van der Waals surface area contributed by atoms with Crippen LogP contribution < -0.4 is 10.6 Å². The van der Waals surface area contributed by atoms with Crippen molar-refractivity contribution >= 4 is 23.7 Å². The van der Waals surface area contributed by atoms with Gasteiger partial charge in [-0.1, -0.05) is 6.92 Å². The first kappa shape index (κ1) is 18.0. The quantitative estimate of drug-likeness (QED) is 0.752. The third-order valence-corrected chi connectivity index (χ3v) is 4.87. The molecule has 2 atom stereocenters. The van der Waals surface area contributed by atoms with E-state index in [1.165, 1.54) is 4.90 Å². The van der Waals surface area contributed by atoms with E-state index < -0.39 is 6.09 Å². The second-order valence-corrected chi connectivity index (χ2v) is 6.62. The van der Waals surface area contributed by atoms with Crippen molar-refractivity contribution in [2.24, 2.45) is 13.0 Å². The van der Waals surface area contributed by atoms with Crippen molar-refractivity contribution in [3.05, 3.63) is 24.0 Å². The number of anilines is 3. The summed E-state index contributed by atoms with van der Waals surface area (Å²) < 4.78 is 1.78. The molecule has 3 heterocycles. The normalized spacial score (nSPS) is 20.0. The highest BCUT2D eigenvalue weighted by molar-refractivity contribution is 5.65. The van der Waals surface area contributed by atoms with Gasteiger partial charge in [0.05, 0.1) is 0 Å². The van der Waals surface area contributed by atoms with Crippen LogP contribution in [0.3, 0.4) is 0 Å². The first-order valence-corrected chi connectivity index (χ1v) is 8.81. The van der Waals surface area contributed by atoms with Gasteiger partial charge in [0, 0.05) is 44.1 Å². The van der Waals surface area contributed by atoms with Gasteiger partial charge in [0.15, 0.2) is 5.82 Å². The molecule has 1 amide bonds. The Bertz CT molecular complexity index is 757. The van der Waals surface area contributed by atoms with E-state index in [2.05, 4.69) is 32.6 Å². The molecule has 1 saturated heterocycles. The van der Waals surface area contributed by atoms with Crippen LogP contribution in [0.15, 0.2) is 18.3 Å². The standard InChI is InChI=1S/C17H25N7O2/c1-4-12-10-24(17(25)26)8-6-13(12)19-14-5-7-18-16(20-14)21-15-9-11(2)23(3)22-15/h5,7,9,12-13H,4,6,8,10H2,1-3H3,(H,25,26)(H2,18,19,20,21,22). The van der Waals surface area contributed by atoms with Crippen molar-refractivity contribution in [2.75, 3.05) is 23.7 Å². The van der Waals surface area contributed by atoms with Crippen LogP contribution in [0.5, 0.6) is 0 Å². The zero-order chi connectivity index (χ0) is 18.7. The summed E-state index contributed by atoms with van der Waals surface area (Å²) in [4.78, 5) is 21.4. The van der Waals surface area contributed by atoms with Crippen LogP contribution in [0.1, 0.15) is 25.5 Å². The van der Waals surface area contributed by atoms with Crippen LogP contribution in [0.2, 0.25) is 0 Å². The van der Waals surface area contributed by atoms with E-state index in [9.17, 15) is 9.90 Å². The summed E-state index contributed by atoms with van der Waals surface area (Å²) >= 11 is 0. The number of likely N-dealkylation sites (tertiary alicyclic amines) is 1. The van der Waals surface area contributed by atoms with E-state index in [0.29, 0.717) is 24.9 Å². The van der Waals surface area contributed by atoms with Crippen molar-refractivity contribution in [3.8, 4) is 0 Å². The number of rotatable bonds is 5. The maximum atomic E-state index is 11.2. The van der Waals surface area contributed by atoms with Gasteiger partial charge in [-0.15, -0.1) is 0 Å². The highest BCUT2D eigenvalue weighted by Gasteiger charge is 2.30. The smallest absolute Gasteiger partial charge is 0.407 e. The molecule has 0 spiro atoms. The largest absolute Gasteiger partial charge is 0.465 e. The third kappa shape index (κ3) is 4.04. The zero-order valence-electron chi connectivity index (χ0n) is 15.3. The zero-order valence-corrected chi connectivity index (χ0v) is 15.3. The topological polar surface area (TPSA) is 108 Å². The van der Waals surface area contributed by atoms with Gasteiger partial charge in [0.1, 0.15) is 5.82 Å². The molecule has 0 saturated carbocycles. The number of aryl methyl sites for hydroxylation is 2. The highest BCUT2D eigenvalue weighted by atomic mass is 16.4. The number of nitrogens with one attached hydrogen (secondary N) is 2. The molecule has 9 heteroatoms. The van der Waals surface area contributed by atoms with Crippen LogP contribution in [0.25, 0.3) is 0 Å². The van der Waals surface area contributed by atoms with Crippen molar-refractivity contribution < 1.29 is 9.90 Å². The van der Waals surface area contributed by atoms with Crippen molar-refractivity contribution in [2.45, 2.75) is 32.7 Å². The van der Waals surface area contributed by atoms with E-state index in [0.717, 1.165) is 24.4 Å². The van der Waals surface area contributed by atoms with E-state index in [4.69, 9.17) is 0 Å². The summed E-state index contributed by atoms with van der Waals surface area (Å²) in [5.41, 5.74) is 1.04. The fraction of sp³-hybridized carbons (Fsp3) is 0.529. The summed E-state index contributed by atoms with van der Waals surface area (Å²) in [6.45, 7) is 5.15. The van der Waals surface area contributed by atoms with Crippen LogP contribution in [0.4, 0.5) is 22.4 Å². The Morgan fingerprint density at radius 2 is 2.23 bits per heavy atom. The lowest BCUT2D eigenvalue weighted by Crippen LogP contribution is -2.48. The molecular formula is C17H25N7O2. The molecule has 1 aliphatic heterocycles. The second-order valence-electron chi connectivity index (χ2n) is 6.62. The van der Waals surface area contributed by atoms with E-state index >= 15 is 0 Å². The molecular weight excluding hydrogens is 334 g/mol. The van der Waals surface area contributed by atoms with Crippen LogP contribution in [-0.2, 0) is 7.05 Å². The van der Waals surface area contributed by atoms with Crippen molar-refractivity contribution in [1.29, 1.82) is 0 Å². The van der Waals surface area contributed by atoms with Crippen molar-refractivity contribution in [3.63, 3.8) is 0 Å².